The fourth-order valence-electron chi connectivity index (χ4n) is 5.48. The molecule has 0 saturated carbocycles. The zero-order valence-corrected chi connectivity index (χ0v) is 26.9. The highest BCUT2D eigenvalue weighted by molar-refractivity contribution is 6.34. The maximum Gasteiger partial charge on any atom is 0.153 e. The van der Waals surface area contributed by atoms with Gasteiger partial charge in [0.2, 0.25) is 0 Å². The number of hydrogen-bond donors (Lipinski definition) is 0. The van der Waals surface area contributed by atoms with E-state index >= 15 is 0 Å². The molecule has 0 aliphatic carbocycles. The summed E-state index contributed by atoms with van der Waals surface area (Å²) in [4.78, 5) is 18.3. The molecule has 232 valence electrons. The maximum atomic E-state index is 11.7. The quantitative estimate of drug-likeness (QED) is 0.107. The van der Waals surface area contributed by atoms with E-state index in [2.05, 4.69) is 29.8 Å². The molecule has 4 aromatic rings. The molecule has 2 heterocycles. The molecule has 1 aliphatic heterocycles. The van der Waals surface area contributed by atoms with Crippen LogP contribution in [0.3, 0.4) is 0 Å². The molecule has 3 aromatic carbocycles. The van der Waals surface area contributed by atoms with Crippen molar-refractivity contribution in [1.82, 2.24) is 9.88 Å². The first kappa shape index (κ1) is 32.3. The fraction of sp³-hybridized carbons (Fsp3) is 0.306. The Hall–Kier alpha value is -4.09. The second kappa shape index (κ2) is 15.3. The van der Waals surface area contributed by atoms with E-state index < -0.39 is 0 Å². The van der Waals surface area contributed by atoms with Gasteiger partial charge < -0.3 is 19.1 Å². The van der Waals surface area contributed by atoms with Gasteiger partial charge in [-0.05, 0) is 61.6 Å². The number of nitrogens with zero attached hydrogens (tertiary/aromatic N) is 3. The van der Waals surface area contributed by atoms with Crippen molar-refractivity contribution in [2.24, 2.45) is 5.92 Å². The molecule has 0 amide bonds. The Balaban J connectivity index is 1.26. The van der Waals surface area contributed by atoms with Crippen molar-refractivity contribution in [2.45, 2.75) is 39.9 Å². The minimum atomic E-state index is 0.109. The van der Waals surface area contributed by atoms with Gasteiger partial charge in [-0.15, -0.1) is 0 Å². The molecule has 1 saturated heterocycles. The summed E-state index contributed by atoms with van der Waals surface area (Å²) in [6.07, 6.45) is 6.00. The van der Waals surface area contributed by atoms with Crippen molar-refractivity contribution in [2.75, 3.05) is 26.2 Å². The summed E-state index contributed by atoms with van der Waals surface area (Å²) < 4.78 is 18.2. The molecule has 7 nitrogen and oxygen atoms in total. The average Bonchev–Trinajstić information content (AvgIpc) is 3.47. The Morgan fingerprint density at radius 2 is 1.80 bits per heavy atom. The summed E-state index contributed by atoms with van der Waals surface area (Å²) in [5.74, 6) is 2.28. The van der Waals surface area contributed by atoms with Gasteiger partial charge in [-0.3, -0.25) is 9.78 Å². The molecule has 0 radical (unpaired) electrons. The number of carbonyl (C=O) groups is 1. The molecular weight excluding hydrogens is 609 g/mol. The molecule has 0 spiro atoms. The van der Waals surface area contributed by atoms with Crippen LogP contribution in [0.25, 0.3) is 11.1 Å². The summed E-state index contributed by atoms with van der Waals surface area (Å²) in [5, 5.41) is 9.97. The average molecular weight is 645 g/mol. The van der Waals surface area contributed by atoms with Gasteiger partial charge in [0.25, 0.3) is 0 Å². The second-order valence-corrected chi connectivity index (χ2v) is 12.1. The number of hydrogen-bond acceptors (Lipinski definition) is 7. The van der Waals surface area contributed by atoms with Crippen LogP contribution in [0.1, 0.15) is 52.4 Å². The Bertz CT molecular complexity index is 1700. The first-order chi connectivity index (χ1) is 21.9. The molecule has 1 fully saturated rings. The molecule has 0 unspecified atom stereocenters. The van der Waals surface area contributed by atoms with Crippen molar-refractivity contribution >= 4 is 29.5 Å². The minimum absolute atomic E-state index is 0.109. The molecule has 9 heteroatoms. The van der Waals surface area contributed by atoms with Gasteiger partial charge >= 0.3 is 0 Å². The number of likely N-dealkylation sites (tertiary alicyclic amines) is 1. The number of aromatic nitrogens is 1. The summed E-state index contributed by atoms with van der Waals surface area (Å²) >= 11 is 13.4. The second-order valence-electron chi connectivity index (χ2n) is 11.3. The van der Waals surface area contributed by atoms with Crippen LogP contribution in [0.2, 0.25) is 10.0 Å². The number of halogens is 2. The first-order valence-electron chi connectivity index (χ1n) is 15.0. The van der Waals surface area contributed by atoms with Crippen LogP contribution in [0.4, 0.5) is 0 Å². The zero-order valence-electron chi connectivity index (χ0n) is 25.4. The molecule has 0 bridgehead atoms. The highest BCUT2D eigenvalue weighted by atomic mass is 35.5. The smallest absolute Gasteiger partial charge is 0.153 e. The lowest BCUT2D eigenvalue weighted by Crippen LogP contribution is -2.23. The largest absolute Gasteiger partial charge is 0.493 e. The van der Waals surface area contributed by atoms with E-state index in [-0.39, 0.29) is 23.8 Å². The topological polar surface area (TPSA) is 84.7 Å². The predicted molar refractivity (Wildman–Crippen MR) is 176 cm³/mol. The first-order valence-corrected chi connectivity index (χ1v) is 15.7. The van der Waals surface area contributed by atoms with Gasteiger partial charge in [0.05, 0.1) is 27.8 Å². The summed E-state index contributed by atoms with van der Waals surface area (Å²) in [6.45, 7) is 8.68. The van der Waals surface area contributed by atoms with E-state index in [0.29, 0.717) is 40.5 Å². The fourth-order valence-corrected chi connectivity index (χ4v) is 5.99. The zero-order chi connectivity index (χ0) is 31.8. The monoisotopic (exact) mass is 643 g/mol. The van der Waals surface area contributed by atoms with Gasteiger partial charge in [-0.1, -0.05) is 60.5 Å². The Morgan fingerprint density at radius 3 is 2.58 bits per heavy atom. The highest BCUT2D eigenvalue weighted by Crippen LogP contribution is 2.38. The van der Waals surface area contributed by atoms with Crippen LogP contribution < -0.4 is 14.2 Å². The molecule has 1 aliphatic rings. The van der Waals surface area contributed by atoms with Crippen molar-refractivity contribution < 1.29 is 19.0 Å². The van der Waals surface area contributed by atoms with Crippen LogP contribution >= 0.6 is 23.2 Å². The van der Waals surface area contributed by atoms with Gasteiger partial charge in [-0.2, -0.15) is 5.26 Å². The Morgan fingerprint density at radius 1 is 1.00 bits per heavy atom. The van der Waals surface area contributed by atoms with Crippen LogP contribution in [-0.4, -0.2) is 42.4 Å². The van der Waals surface area contributed by atoms with Crippen molar-refractivity contribution in [3.8, 4) is 34.4 Å². The molecule has 45 heavy (non-hydrogen) atoms. The van der Waals surface area contributed by atoms with Gasteiger partial charge in [0, 0.05) is 48.2 Å². The van der Waals surface area contributed by atoms with Crippen LogP contribution in [-0.2, 0) is 13.2 Å². The normalized spacial score (nSPS) is 14.6. The molecule has 1 aromatic heterocycles. The lowest BCUT2D eigenvalue weighted by molar-refractivity contribution is 0.111. The predicted octanol–water partition coefficient (Wildman–Crippen LogP) is 8.32. The van der Waals surface area contributed by atoms with E-state index in [1.54, 1.807) is 18.3 Å². The van der Waals surface area contributed by atoms with Crippen LogP contribution in [0, 0.1) is 24.2 Å². The SMILES string of the molecule is Cc1c(OCCCN2CC[C@@H](C)C2)cccc1-c1cccc(COc2cc(OCc3cncc(C#N)c3)c(C=O)cc2Cl)c1Cl. The number of aldehydes is 1. The van der Waals surface area contributed by atoms with E-state index in [0.717, 1.165) is 46.9 Å². The van der Waals surface area contributed by atoms with Gasteiger partial charge in [-0.25, -0.2) is 0 Å². The molecule has 1 atom stereocenters. The van der Waals surface area contributed by atoms with Crippen molar-refractivity contribution in [3.05, 3.63) is 105 Å². The van der Waals surface area contributed by atoms with Crippen molar-refractivity contribution in [1.29, 1.82) is 5.26 Å². The molecular formula is C36H35Cl2N3O4. The third-order valence-electron chi connectivity index (χ3n) is 7.93. The summed E-state index contributed by atoms with van der Waals surface area (Å²) in [5.41, 5.74) is 5.06. The van der Waals surface area contributed by atoms with Gasteiger partial charge in [0.1, 0.15) is 36.5 Å². The number of pyridine rings is 1. The number of carbonyl (C=O) groups excluding carboxylic acids is 1. The molecule has 5 rings (SSSR count). The van der Waals surface area contributed by atoms with Crippen LogP contribution in [0.5, 0.6) is 17.2 Å². The summed E-state index contributed by atoms with van der Waals surface area (Å²) in [7, 11) is 0. The highest BCUT2D eigenvalue weighted by Gasteiger charge is 2.18. The number of benzene rings is 3. The van der Waals surface area contributed by atoms with E-state index in [4.69, 9.17) is 42.7 Å². The third kappa shape index (κ3) is 8.15. The standard InChI is InChI=1S/C36H35Cl2N3O4/c1-24-10-12-41(20-24)11-5-13-43-33-9-4-7-30(25(33)2)31-8-3-6-28(36(31)38)23-45-35-16-34(29(21-42)15-32(35)37)44-22-27-14-26(17-39)18-40-19-27/h3-4,6-9,14-16,18-19,21,24H,5,10-13,20,22-23H2,1-2H3/t24-/m1/s1. The van der Waals surface area contributed by atoms with E-state index in [1.165, 1.54) is 31.8 Å². The lowest BCUT2D eigenvalue weighted by Gasteiger charge is -2.18. The number of ether oxygens (including phenoxy) is 3. The number of rotatable bonds is 13. The van der Waals surface area contributed by atoms with E-state index in [1.807, 2.05) is 36.4 Å². The van der Waals surface area contributed by atoms with E-state index in [9.17, 15) is 4.79 Å². The lowest BCUT2D eigenvalue weighted by atomic mass is 9.98. The van der Waals surface area contributed by atoms with Crippen LogP contribution in [0.15, 0.2) is 67.0 Å². The Labute approximate surface area is 274 Å². The maximum absolute atomic E-state index is 11.7. The van der Waals surface area contributed by atoms with Crippen molar-refractivity contribution in [3.63, 3.8) is 0 Å². The Kier molecular flexibility index (Phi) is 11.0. The molecule has 0 N–H and O–H groups in total. The number of nitriles is 1. The van der Waals surface area contributed by atoms with Gasteiger partial charge in [0.15, 0.2) is 6.29 Å². The third-order valence-corrected chi connectivity index (χ3v) is 8.67. The summed E-state index contributed by atoms with van der Waals surface area (Å²) in [6, 6.07) is 18.7. The minimum Gasteiger partial charge on any atom is -0.493 e.